The number of hydrogen-bond donors (Lipinski definition) is 0. The van der Waals surface area contributed by atoms with Crippen molar-refractivity contribution in [3.8, 4) is 16.9 Å². The fourth-order valence-corrected chi connectivity index (χ4v) is 3.61. The van der Waals surface area contributed by atoms with Crippen molar-refractivity contribution in [2.24, 2.45) is 0 Å². The molecule has 3 rings (SSSR count). The van der Waals surface area contributed by atoms with Crippen molar-refractivity contribution in [2.75, 3.05) is 27.2 Å². The van der Waals surface area contributed by atoms with Gasteiger partial charge >= 0.3 is 0 Å². The first-order chi connectivity index (χ1) is 14.8. The zero-order chi connectivity index (χ0) is 22.4. The Morgan fingerprint density at radius 3 is 2.26 bits per heavy atom. The highest BCUT2D eigenvalue weighted by molar-refractivity contribution is 9.10. The summed E-state index contributed by atoms with van der Waals surface area (Å²) >= 11 is 3.44. The van der Waals surface area contributed by atoms with Gasteiger partial charge in [0.15, 0.2) is 5.78 Å². The van der Waals surface area contributed by atoms with Gasteiger partial charge in [-0.05, 0) is 75.0 Å². The lowest BCUT2D eigenvalue weighted by Crippen LogP contribution is -2.20. The molecule has 0 heterocycles. The molecule has 0 saturated heterocycles. The molecular formula is C27H28BrNO2. The number of halogens is 1. The normalized spacial score (nSPS) is 11.3. The molecule has 3 aromatic carbocycles. The van der Waals surface area contributed by atoms with Gasteiger partial charge in [0, 0.05) is 11.0 Å². The van der Waals surface area contributed by atoms with E-state index in [4.69, 9.17) is 4.74 Å². The standard InChI is InChI=1S/C27H28BrNO2/c1-19-15-20(2)17-23(16-19)22-8-12-27(31-14-13-29(3)4)25(18-22)26(30)11-7-21-5-9-24(28)10-6-21/h5-12,15-18H,13-14H2,1-4H3. The van der Waals surface area contributed by atoms with Crippen LogP contribution in [-0.2, 0) is 0 Å². The molecule has 0 fully saturated rings. The van der Waals surface area contributed by atoms with E-state index in [1.54, 1.807) is 6.08 Å². The Labute approximate surface area is 193 Å². The molecule has 0 aliphatic heterocycles. The van der Waals surface area contributed by atoms with Crippen LogP contribution >= 0.6 is 15.9 Å². The molecule has 0 atom stereocenters. The predicted octanol–water partition coefficient (Wildman–Crippen LogP) is 6.57. The third-order valence-electron chi connectivity index (χ3n) is 4.89. The third kappa shape index (κ3) is 6.65. The molecule has 0 unspecified atom stereocenters. The second-order valence-electron chi connectivity index (χ2n) is 7.99. The summed E-state index contributed by atoms with van der Waals surface area (Å²) in [6.45, 7) is 5.47. The smallest absolute Gasteiger partial charge is 0.189 e. The third-order valence-corrected chi connectivity index (χ3v) is 5.42. The summed E-state index contributed by atoms with van der Waals surface area (Å²) in [7, 11) is 4.00. The van der Waals surface area contributed by atoms with E-state index in [9.17, 15) is 4.79 Å². The van der Waals surface area contributed by atoms with Crippen LogP contribution in [0.3, 0.4) is 0 Å². The Morgan fingerprint density at radius 1 is 0.935 bits per heavy atom. The fourth-order valence-electron chi connectivity index (χ4n) is 3.34. The van der Waals surface area contributed by atoms with E-state index >= 15 is 0 Å². The van der Waals surface area contributed by atoms with Crippen molar-refractivity contribution < 1.29 is 9.53 Å². The van der Waals surface area contributed by atoms with Crippen LogP contribution in [0.1, 0.15) is 27.0 Å². The van der Waals surface area contributed by atoms with Crippen molar-refractivity contribution in [3.63, 3.8) is 0 Å². The van der Waals surface area contributed by atoms with E-state index in [-0.39, 0.29) is 5.78 Å². The first kappa shape index (κ1) is 23.0. The van der Waals surface area contributed by atoms with Crippen LogP contribution in [0.2, 0.25) is 0 Å². The van der Waals surface area contributed by atoms with E-state index in [1.807, 2.05) is 62.6 Å². The van der Waals surface area contributed by atoms with Crippen molar-refractivity contribution in [2.45, 2.75) is 13.8 Å². The van der Waals surface area contributed by atoms with Gasteiger partial charge in [-0.25, -0.2) is 0 Å². The van der Waals surface area contributed by atoms with Crippen LogP contribution in [0.25, 0.3) is 17.2 Å². The highest BCUT2D eigenvalue weighted by Gasteiger charge is 2.13. The van der Waals surface area contributed by atoms with E-state index in [2.05, 4.69) is 52.9 Å². The number of likely N-dealkylation sites (N-methyl/N-ethyl adjacent to an activating group) is 1. The van der Waals surface area contributed by atoms with Crippen molar-refractivity contribution in [1.82, 2.24) is 4.90 Å². The van der Waals surface area contributed by atoms with Gasteiger partial charge < -0.3 is 9.64 Å². The fraction of sp³-hybridized carbons (Fsp3) is 0.222. The first-order valence-electron chi connectivity index (χ1n) is 10.3. The minimum Gasteiger partial charge on any atom is -0.491 e. The van der Waals surface area contributed by atoms with Crippen LogP contribution in [0.4, 0.5) is 0 Å². The van der Waals surface area contributed by atoms with Crippen LogP contribution in [-0.4, -0.2) is 37.9 Å². The maximum absolute atomic E-state index is 13.1. The minimum absolute atomic E-state index is 0.0750. The van der Waals surface area contributed by atoms with Gasteiger partial charge in [-0.3, -0.25) is 4.79 Å². The average Bonchev–Trinajstić information content (AvgIpc) is 2.72. The maximum Gasteiger partial charge on any atom is 0.189 e. The molecule has 31 heavy (non-hydrogen) atoms. The van der Waals surface area contributed by atoms with Gasteiger partial charge in [0.25, 0.3) is 0 Å². The number of aryl methyl sites for hydroxylation is 2. The van der Waals surface area contributed by atoms with E-state index in [0.717, 1.165) is 27.7 Å². The molecule has 0 saturated carbocycles. The van der Waals surface area contributed by atoms with Gasteiger partial charge in [-0.15, -0.1) is 0 Å². The van der Waals surface area contributed by atoms with Crippen molar-refractivity contribution in [1.29, 1.82) is 0 Å². The molecule has 0 aliphatic rings. The van der Waals surface area contributed by atoms with E-state index in [0.29, 0.717) is 17.9 Å². The monoisotopic (exact) mass is 477 g/mol. The van der Waals surface area contributed by atoms with Crippen LogP contribution < -0.4 is 4.74 Å². The number of ketones is 1. The lowest BCUT2D eigenvalue weighted by atomic mass is 9.97. The van der Waals surface area contributed by atoms with Crippen LogP contribution in [0, 0.1) is 13.8 Å². The Morgan fingerprint density at radius 2 is 1.61 bits per heavy atom. The van der Waals surface area contributed by atoms with Gasteiger partial charge in [-0.2, -0.15) is 0 Å². The van der Waals surface area contributed by atoms with Gasteiger partial charge in [0.05, 0.1) is 5.56 Å². The number of nitrogens with zero attached hydrogens (tertiary/aromatic N) is 1. The summed E-state index contributed by atoms with van der Waals surface area (Å²) in [5, 5.41) is 0. The zero-order valence-electron chi connectivity index (χ0n) is 18.5. The summed E-state index contributed by atoms with van der Waals surface area (Å²) in [4.78, 5) is 15.2. The number of benzene rings is 3. The number of allylic oxidation sites excluding steroid dienone is 1. The molecule has 0 bridgehead atoms. The number of rotatable bonds is 8. The highest BCUT2D eigenvalue weighted by Crippen LogP contribution is 2.29. The lowest BCUT2D eigenvalue weighted by Gasteiger charge is -2.14. The molecule has 4 heteroatoms. The Balaban J connectivity index is 1.94. The molecular weight excluding hydrogens is 450 g/mol. The maximum atomic E-state index is 13.1. The van der Waals surface area contributed by atoms with Gasteiger partial charge in [0.2, 0.25) is 0 Å². The minimum atomic E-state index is -0.0750. The molecule has 160 valence electrons. The first-order valence-corrected chi connectivity index (χ1v) is 11.1. The summed E-state index contributed by atoms with van der Waals surface area (Å²) in [5.74, 6) is 0.537. The Kier molecular flexibility index (Phi) is 7.83. The Bertz CT molecular complexity index is 1060. The second-order valence-corrected chi connectivity index (χ2v) is 8.90. The summed E-state index contributed by atoms with van der Waals surface area (Å²) < 4.78 is 6.98. The molecule has 0 aliphatic carbocycles. The Hall–Kier alpha value is -2.69. The second kappa shape index (κ2) is 10.6. The average molecular weight is 478 g/mol. The van der Waals surface area contributed by atoms with Gasteiger partial charge in [0.1, 0.15) is 12.4 Å². The topological polar surface area (TPSA) is 29.5 Å². The summed E-state index contributed by atoms with van der Waals surface area (Å²) in [6.07, 6.45) is 3.45. The van der Waals surface area contributed by atoms with Crippen molar-refractivity contribution >= 4 is 27.8 Å². The molecule has 0 aromatic heterocycles. The summed E-state index contributed by atoms with van der Waals surface area (Å²) in [5.41, 5.74) is 6.05. The van der Waals surface area contributed by atoms with Crippen molar-refractivity contribution in [3.05, 3.63) is 93.5 Å². The number of ether oxygens (including phenoxy) is 1. The predicted molar refractivity (Wildman–Crippen MR) is 133 cm³/mol. The molecule has 0 radical (unpaired) electrons. The van der Waals surface area contributed by atoms with E-state index < -0.39 is 0 Å². The largest absolute Gasteiger partial charge is 0.491 e. The molecule has 0 N–H and O–H groups in total. The molecule has 3 nitrogen and oxygen atoms in total. The SMILES string of the molecule is Cc1cc(C)cc(-c2ccc(OCCN(C)C)c(C(=O)C=Cc3ccc(Br)cc3)c2)c1. The number of carbonyl (C=O) groups excluding carboxylic acids is 1. The lowest BCUT2D eigenvalue weighted by molar-refractivity contribution is 0.104. The molecule has 3 aromatic rings. The summed E-state index contributed by atoms with van der Waals surface area (Å²) in [6, 6.07) is 20.1. The van der Waals surface area contributed by atoms with E-state index in [1.165, 1.54) is 11.1 Å². The molecule has 0 amide bonds. The quantitative estimate of drug-likeness (QED) is 0.271. The highest BCUT2D eigenvalue weighted by atomic mass is 79.9. The number of carbonyl (C=O) groups is 1. The number of hydrogen-bond acceptors (Lipinski definition) is 3. The van der Waals surface area contributed by atoms with Gasteiger partial charge in [-0.1, -0.05) is 69.5 Å². The van der Waals surface area contributed by atoms with Crippen LogP contribution in [0.5, 0.6) is 5.75 Å². The molecule has 0 spiro atoms. The van der Waals surface area contributed by atoms with Crippen LogP contribution in [0.15, 0.2) is 71.2 Å². The zero-order valence-corrected chi connectivity index (χ0v) is 20.1.